The molecule has 0 saturated carbocycles. The van der Waals surface area contributed by atoms with Crippen LogP contribution in [0.4, 0.5) is 10.1 Å². The van der Waals surface area contributed by atoms with Gasteiger partial charge in [-0.1, -0.05) is 13.3 Å². The van der Waals surface area contributed by atoms with E-state index in [0.717, 1.165) is 12.1 Å². The molecule has 0 aliphatic heterocycles. The minimum Gasteiger partial charge on any atom is -0.397 e. The van der Waals surface area contributed by atoms with Gasteiger partial charge in [-0.05, 0) is 12.5 Å². The highest BCUT2D eigenvalue weighted by atomic mass is 19.1. The van der Waals surface area contributed by atoms with Gasteiger partial charge in [0.15, 0.2) is 0 Å². The summed E-state index contributed by atoms with van der Waals surface area (Å²) in [5, 5.41) is 19.4. The summed E-state index contributed by atoms with van der Waals surface area (Å²) < 4.78 is 13.7. The van der Waals surface area contributed by atoms with E-state index in [0.29, 0.717) is 12.8 Å². The molecule has 1 aromatic rings. The van der Waals surface area contributed by atoms with Gasteiger partial charge in [-0.3, -0.25) is 10.1 Å². The van der Waals surface area contributed by atoms with Crippen LogP contribution in [0.15, 0.2) is 23.8 Å². The lowest BCUT2D eigenvalue weighted by atomic mass is 10.0. The molecule has 94 valence electrons. The van der Waals surface area contributed by atoms with E-state index in [4.69, 9.17) is 11.0 Å². The lowest BCUT2D eigenvalue weighted by Crippen LogP contribution is -2.04. The summed E-state index contributed by atoms with van der Waals surface area (Å²) in [5.41, 5.74) is 5.70. The number of halogens is 1. The number of allylic oxidation sites excluding steroid dienone is 1. The molecule has 0 aliphatic rings. The topological polar surface area (TPSA) is 93.0 Å². The maximum Gasteiger partial charge on any atom is 0.272 e. The highest BCUT2D eigenvalue weighted by Crippen LogP contribution is 2.23. The maximum atomic E-state index is 13.7. The molecule has 0 atom stereocenters. The van der Waals surface area contributed by atoms with Crippen LogP contribution in [0.3, 0.4) is 0 Å². The summed E-state index contributed by atoms with van der Waals surface area (Å²) >= 11 is 0. The monoisotopic (exact) mass is 249 g/mol. The maximum absolute atomic E-state index is 13.7. The van der Waals surface area contributed by atoms with E-state index in [2.05, 4.69) is 0 Å². The van der Waals surface area contributed by atoms with Gasteiger partial charge in [-0.2, -0.15) is 5.26 Å². The van der Waals surface area contributed by atoms with Crippen molar-refractivity contribution < 1.29 is 9.31 Å². The molecule has 0 spiro atoms. The molecule has 0 heterocycles. The van der Waals surface area contributed by atoms with Crippen LogP contribution >= 0.6 is 0 Å². The Morgan fingerprint density at radius 1 is 1.61 bits per heavy atom. The van der Waals surface area contributed by atoms with Gasteiger partial charge in [0.2, 0.25) is 0 Å². The van der Waals surface area contributed by atoms with Gasteiger partial charge in [-0.25, -0.2) is 4.39 Å². The highest BCUT2D eigenvalue weighted by Gasteiger charge is 2.14. The van der Waals surface area contributed by atoms with Gasteiger partial charge < -0.3 is 5.73 Å². The third-order valence-corrected chi connectivity index (χ3v) is 2.41. The SMILES string of the molecule is CCC/C(C#N)=C(/N)c1ccc([N+](=O)[O-])cc1F. The summed E-state index contributed by atoms with van der Waals surface area (Å²) in [6, 6.07) is 5.09. The van der Waals surface area contributed by atoms with Crippen molar-refractivity contribution in [2.45, 2.75) is 19.8 Å². The normalized spacial score (nSPS) is 11.6. The lowest BCUT2D eigenvalue weighted by molar-refractivity contribution is -0.385. The van der Waals surface area contributed by atoms with Crippen LogP contribution in [-0.2, 0) is 0 Å². The van der Waals surface area contributed by atoms with Crippen molar-refractivity contribution in [1.29, 1.82) is 5.26 Å². The van der Waals surface area contributed by atoms with Crippen LogP contribution in [-0.4, -0.2) is 4.92 Å². The summed E-state index contributed by atoms with van der Waals surface area (Å²) in [7, 11) is 0. The molecule has 0 aliphatic carbocycles. The smallest absolute Gasteiger partial charge is 0.272 e. The van der Waals surface area contributed by atoms with Crippen molar-refractivity contribution in [3.05, 3.63) is 45.3 Å². The van der Waals surface area contributed by atoms with Crippen LogP contribution in [0, 0.1) is 27.3 Å². The van der Waals surface area contributed by atoms with E-state index in [-0.39, 0.29) is 22.5 Å². The molecule has 0 amide bonds. The zero-order valence-electron chi connectivity index (χ0n) is 9.81. The van der Waals surface area contributed by atoms with E-state index in [1.165, 1.54) is 6.07 Å². The summed E-state index contributed by atoms with van der Waals surface area (Å²) in [6.45, 7) is 1.87. The molecule has 0 aromatic heterocycles. The Labute approximate surface area is 103 Å². The van der Waals surface area contributed by atoms with Gasteiger partial charge in [0, 0.05) is 11.6 Å². The highest BCUT2D eigenvalue weighted by molar-refractivity contribution is 5.70. The quantitative estimate of drug-likeness (QED) is 0.504. The third-order valence-electron chi connectivity index (χ3n) is 2.41. The van der Waals surface area contributed by atoms with Crippen LogP contribution in [0.1, 0.15) is 25.3 Å². The average Bonchev–Trinajstić information content (AvgIpc) is 2.34. The molecule has 0 saturated heterocycles. The number of nitriles is 1. The second-order valence-electron chi connectivity index (χ2n) is 3.68. The molecule has 6 heteroatoms. The number of non-ortho nitro benzene ring substituents is 1. The van der Waals surface area contributed by atoms with Crippen molar-refractivity contribution in [2.24, 2.45) is 5.73 Å². The van der Waals surface area contributed by atoms with Crippen LogP contribution < -0.4 is 5.73 Å². The predicted molar refractivity (Wildman–Crippen MR) is 64.7 cm³/mol. The number of hydrogen-bond acceptors (Lipinski definition) is 4. The Morgan fingerprint density at radius 2 is 2.28 bits per heavy atom. The van der Waals surface area contributed by atoms with Gasteiger partial charge in [-0.15, -0.1) is 0 Å². The first-order valence-electron chi connectivity index (χ1n) is 5.34. The Bertz CT molecular complexity index is 547. The zero-order valence-corrected chi connectivity index (χ0v) is 9.81. The van der Waals surface area contributed by atoms with E-state index in [1.54, 1.807) is 0 Å². The zero-order chi connectivity index (χ0) is 13.7. The molecule has 1 rings (SSSR count). The fourth-order valence-electron chi connectivity index (χ4n) is 1.50. The molecule has 18 heavy (non-hydrogen) atoms. The summed E-state index contributed by atoms with van der Waals surface area (Å²) in [6.07, 6.45) is 1.15. The number of nitrogens with two attached hydrogens (primary N) is 1. The van der Waals surface area contributed by atoms with Gasteiger partial charge in [0.05, 0.1) is 28.3 Å². The minimum atomic E-state index is -0.800. The number of benzene rings is 1. The Balaban J connectivity index is 3.26. The van der Waals surface area contributed by atoms with Gasteiger partial charge in [0.25, 0.3) is 5.69 Å². The van der Waals surface area contributed by atoms with Gasteiger partial charge >= 0.3 is 0 Å². The van der Waals surface area contributed by atoms with Crippen molar-refractivity contribution in [3.8, 4) is 6.07 Å². The molecule has 1 aromatic carbocycles. The molecule has 0 unspecified atom stereocenters. The standard InChI is InChI=1S/C12H12FN3O2/c1-2-3-8(7-14)12(15)10-5-4-9(16(17)18)6-11(10)13/h4-6H,2-3,15H2,1H3/b12-8-. The largest absolute Gasteiger partial charge is 0.397 e. The van der Waals surface area contributed by atoms with E-state index < -0.39 is 10.7 Å². The van der Waals surface area contributed by atoms with Crippen molar-refractivity contribution >= 4 is 11.4 Å². The minimum absolute atomic E-state index is 0.0191. The average molecular weight is 249 g/mol. The third kappa shape index (κ3) is 2.83. The van der Waals surface area contributed by atoms with Crippen molar-refractivity contribution in [2.75, 3.05) is 0 Å². The van der Waals surface area contributed by atoms with E-state index in [1.807, 2.05) is 13.0 Å². The Hall–Kier alpha value is -2.42. The molecule has 5 nitrogen and oxygen atoms in total. The fourth-order valence-corrected chi connectivity index (χ4v) is 1.50. The first-order valence-corrected chi connectivity index (χ1v) is 5.34. The van der Waals surface area contributed by atoms with Crippen molar-refractivity contribution in [1.82, 2.24) is 0 Å². The number of nitro benzene ring substituents is 1. The lowest BCUT2D eigenvalue weighted by Gasteiger charge is -2.06. The second-order valence-corrected chi connectivity index (χ2v) is 3.68. The van der Waals surface area contributed by atoms with Crippen molar-refractivity contribution in [3.63, 3.8) is 0 Å². The molecule has 0 radical (unpaired) electrons. The first-order chi connectivity index (χ1) is 8.51. The Morgan fingerprint density at radius 3 is 2.72 bits per heavy atom. The Kier molecular flexibility index (Phi) is 4.38. The van der Waals surface area contributed by atoms with Crippen LogP contribution in [0.5, 0.6) is 0 Å². The summed E-state index contributed by atoms with van der Waals surface area (Å²) in [5.74, 6) is -0.800. The van der Waals surface area contributed by atoms with E-state index >= 15 is 0 Å². The van der Waals surface area contributed by atoms with Gasteiger partial charge in [0.1, 0.15) is 5.82 Å². The molecule has 0 fully saturated rings. The van der Waals surface area contributed by atoms with E-state index in [9.17, 15) is 14.5 Å². The number of hydrogen-bond donors (Lipinski definition) is 1. The fraction of sp³-hybridized carbons (Fsp3) is 0.250. The molecule has 0 bridgehead atoms. The second kappa shape index (κ2) is 5.77. The number of rotatable bonds is 4. The molecule has 2 N–H and O–H groups in total. The van der Waals surface area contributed by atoms with Crippen LogP contribution in [0.2, 0.25) is 0 Å². The predicted octanol–water partition coefficient (Wildman–Crippen LogP) is 2.73. The van der Waals surface area contributed by atoms with Crippen LogP contribution in [0.25, 0.3) is 5.70 Å². The number of nitro groups is 1. The number of nitrogens with zero attached hydrogens (tertiary/aromatic N) is 2. The first kappa shape index (κ1) is 13.6. The molecular weight excluding hydrogens is 237 g/mol. The molecular formula is C12H12FN3O2. The summed E-state index contributed by atoms with van der Waals surface area (Å²) in [4.78, 5) is 9.78.